The molecule has 0 aliphatic heterocycles. The number of carbonyl (C=O) groups excluding carboxylic acids is 3. The Labute approximate surface area is 404 Å². The normalized spacial score (nSPS) is 12.2. The number of esters is 3. The van der Waals surface area contributed by atoms with Crippen molar-refractivity contribution in [3.05, 3.63) is 36.5 Å². The largest absolute Gasteiger partial charge is 0.462 e. The van der Waals surface area contributed by atoms with Gasteiger partial charge in [0, 0.05) is 19.3 Å². The fourth-order valence-electron chi connectivity index (χ4n) is 8.33. The molecule has 0 spiro atoms. The Balaban J connectivity index is 4.37. The molecule has 0 aliphatic carbocycles. The van der Waals surface area contributed by atoms with Crippen molar-refractivity contribution in [2.45, 2.75) is 309 Å². The standard InChI is InChI=1S/C59H108O6/c1-4-7-10-13-16-19-22-25-27-29-31-34-37-40-43-46-49-52-58(61)64-55-56(54-63-57(60)51-48-45-42-39-36-33-24-21-18-15-12-9-6-3)65-59(62)53-50-47-44-41-38-35-32-30-28-26-23-20-17-14-11-8-5-2/h16,19,25,27,31,34,56H,4-15,17-18,20-24,26,28-30,32-33,35-55H2,1-3H3/b19-16+,27-25+,34-31+/t56-/m1/s1. The predicted octanol–water partition coefficient (Wildman–Crippen LogP) is 18.9. The summed E-state index contributed by atoms with van der Waals surface area (Å²) >= 11 is 0. The lowest BCUT2D eigenvalue weighted by atomic mass is 10.0. The van der Waals surface area contributed by atoms with Crippen LogP contribution >= 0.6 is 0 Å². The summed E-state index contributed by atoms with van der Waals surface area (Å²) in [6, 6.07) is 0. The van der Waals surface area contributed by atoms with Gasteiger partial charge in [0.25, 0.3) is 0 Å². The number of hydrogen-bond acceptors (Lipinski definition) is 6. The van der Waals surface area contributed by atoms with Gasteiger partial charge in [-0.15, -0.1) is 0 Å². The van der Waals surface area contributed by atoms with E-state index in [4.69, 9.17) is 14.2 Å². The second kappa shape index (κ2) is 54.2. The molecule has 0 saturated heterocycles. The highest BCUT2D eigenvalue weighted by atomic mass is 16.6. The third-order valence-corrected chi connectivity index (χ3v) is 12.6. The Morgan fingerprint density at radius 1 is 0.308 bits per heavy atom. The van der Waals surface area contributed by atoms with Gasteiger partial charge >= 0.3 is 17.9 Å². The summed E-state index contributed by atoms with van der Waals surface area (Å²) in [7, 11) is 0. The lowest BCUT2D eigenvalue weighted by Gasteiger charge is -2.18. The molecule has 0 radical (unpaired) electrons. The molecule has 0 N–H and O–H groups in total. The molecule has 0 aromatic carbocycles. The minimum atomic E-state index is -0.776. The summed E-state index contributed by atoms with van der Waals surface area (Å²) in [6.45, 7) is 6.63. The highest BCUT2D eigenvalue weighted by molar-refractivity contribution is 5.71. The Morgan fingerprint density at radius 3 is 0.892 bits per heavy atom. The molecule has 0 unspecified atom stereocenters. The summed E-state index contributed by atoms with van der Waals surface area (Å²) in [5, 5.41) is 0. The van der Waals surface area contributed by atoms with Crippen molar-refractivity contribution < 1.29 is 28.6 Å². The minimum Gasteiger partial charge on any atom is -0.462 e. The van der Waals surface area contributed by atoms with Crippen LogP contribution in [0.15, 0.2) is 36.5 Å². The summed E-state index contributed by atoms with van der Waals surface area (Å²) in [4.78, 5) is 38.1. The molecule has 0 aliphatic rings. The summed E-state index contributed by atoms with van der Waals surface area (Å²) in [6.07, 6.45) is 64.1. The molecule has 0 rings (SSSR count). The Morgan fingerprint density at radius 2 is 0.554 bits per heavy atom. The molecule has 0 aromatic heterocycles. The monoisotopic (exact) mass is 913 g/mol. The first-order chi connectivity index (χ1) is 32.0. The predicted molar refractivity (Wildman–Crippen MR) is 279 cm³/mol. The fourth-order valence-corrected chi connectivity index (χ4v) is 8.33. The van der Waals surface area contributed by atoms with Crippen LogP contribution in [0, 0.1) is 0 Å². The van der Waals surface area contributed by atoms with Crippen molar-refractivity contribution in [2.75, 3.05) is 13.2 Å². The Kier molecular flexibility index (Phi) is 52.3. The van der Waals surface area contributed by atoms with Gasteiger partial charge in [0.2, 0.25) is 0 Å². The Hall–Kier alpha value is -2.37. The maximum atomic E-state index is 12.8. The molecule has 0 heterocycles. The number of rotatable bonds is 52. The average Bonchev–Trinajstić information content (AvgIpc) is 3.30. The quantitative estimate of drug-likeness (QED) is 0.0262. The molecule has 1 atom stereocenters. The zero-order valence-electron chi connectivity index (χ0n) is 43.5. The van der Waals surface area contributed by atoms with Gasteiger partial charge in [-0.3, -0.25) is 14.4 Å². The van der Waals surface area contributed by atoms with Crippen LogP contribution in [0.4, 0.5) is 0 Å². The highest BCUT2D eigenvalue weighted by Gasteiger charge is 2.19. The first kappa shape index (κ1) is 62.6. The molecule has 6 nitrogen and oxygen atoms in total. The van der Waals surface area contributed by atoms with Gasteiger partial charge in [0.1, 0.15) is 13.2 Å². The van der Waals surface area contributed by atoms with Crippen LogP contribution in [0.5, 0.6) is 0 Å². The highest BCUT2D eigenvalue weighted by Crippen LogP contribution is 2.17. The van der Waals surface area contributed by atoms with Crippen LogP contribution < -0.4 is 0 Å². The summed E-state index contributed by atoms with van der Waals surface area (Å²) in [5.41, 5.74) is 0. The average molecular weight is 914 g/mol. The Bertz CT molecular complexity index is 1090. The molecule has 0 amide bonds. The van der Waals surface area contributed by atoms with Crippen LogP contribution in [0.3, 0.4) is 0 Å². The van der Waals surface area contributed by atoms with Crippen LogP contribution in [0.25, 0.3) is 0 Å². The van der Waals surface area contributed by atoms with E-state index in [9.17, 15) is 14.4 Å². The van der Waals surface area contributed by atoms with E-state index in [1.54, 1.807) is 0 Å². The molecule has 380 valence electrons. The zero-order chi connectivity index (χ0) is 47.2. The summed E-state index contributed by atoms with van der Waals surface area (Å²) < 4.78 is 16.9. The van der Waals surface area contributed by atoms with Crippen molar-refractivity contribution in [1.82, 2.24) is 0 Å². The van der Waals surface area contributed by atoms with E-state index in [0.717, 1.165) is 83.5 Å². The van der Waals surface area contributed by atoms with Gasteiger partial charge < -0.3 is 14.2 Å². The van der Waals surface area contributed by atoms with E-state index in [-0.39, 0.29) is 31.1 Å². The van der Waals surface area contributed by atoms with E-state index >= 15 is 0 Å². The van der Waals surface area contributed by atoms with Crippen molar-refractivity contribution in [3.8, 4) is 0 Å². The number of allylic oxidation sites excluding steroid dienone is 6. The molecule has 6 heteroatoms. The fraction of sp³-hybridized carbons (Fsp3) is 0.847. The number of unbranched alkanes of at least 4 members (excludes halogenated alkanes) is 35. The molecule has 0 bridgehead atoms. The van der Waals surface area contributed by atoms with Gasteiger partial charge in [-0.05, 0) is 57.8 Å². The van der Waals surface area contributed by atoms with Crippen molar-refractivity contribution >= 4 is 17.9 Å². The maximum Gasteiger partial charge on any atom is 0.306 e. The van der Waals surface area contributed by atoms with Gasteiger partial charge in [-0.25, -0.2) is 0 Å². The maximum absolute atomic E-state index is 12.8. The van der Waals surface area contributed by atoms with Crippen LogP contribution in [-0.4, -0.2) is 37.2 Å². The van der Waals surface area contributed by atoms with Crippen molar-refractivity contribution in [1.29, 1.82) is 0 Å². The number of hydrogen-bond donors (Lipinski definition) is 0. The van der Waals surface area contributed by atoms with E-state index in [2.05, 4.69) is 57.2 Å². The van der Waals surface area contributed by atoms with Crippen molar-refractivity contribution in [2.24, 2.45) is 0 Å². The van der Waals surface area contributed by atoms with E-state index < -0.39 is 6.10 Å². The van der Waals surface area contributed by atoms with Crippen LogP contribution in [0.1, 0.15) is 303 Å². The minimum absolute atomic E-state index is 0.0746. The zero-order valence-corrected chi connectivity index (χ0v) is 43.5. The molecule has 65 heavy (non-hydrogen) atoms. The van der Waals surface area contributed by atoms with E-state index in [1.807, 2.05) is 0 Å². The van der Waals surface area contributed by atoms with E-state index in [1.165, 1.54) is 180 Å². The number of carbonyl (C=O) groups is 3. The molecule has 0 fully saturated rings. The first-order valence-electron chi connectivity index (χ1n) is 28.5. The van der Waals surface area contributed by atoms with Gasteiger partial charge in [0.15, 0.2) is 6.10 Å². The molecule has 0 saturated carbocycles. The second-order valence-corrected chi connectivity index (χ2v) is 19.2. The van der Waals surface area contributed by atoms with Gasteiger partial charge in [-0.2, -0.15) is 0 Å². The van der Waals surface area contributed by atoms with Crippen LogP contribution in [-0.2, 0) is 28.6 Å². The third-order valence-electron chi connectivity index (χ3n) is 12.6. The lowest BCUT2D eigenvalue weighted by Crippen LogP contribution is -2.30. The van der Waals surface area contributed by atoms with E-state index in [0.29, 0.717) is 19.3 Å². The smallest absolute Gasteiger partial charge is 0.306 e. The third kappa shape index (κ3) is 52.5. The van der Waals surface area contributed by atoms with Gasteiger partial charge in [0.05, 0.1) is 0 Å². The summed E-state index contributed by atoms with van der Waals surface area (Å²) in [5.74, 6) is -0.879. The molecule has 0 aromatic rings. The lowest BCUT2D eigenvalue weighted by molar-refractivity contribution is -0.167. The van der Waals surface area contributed by atoms with Crippen LogP contribution in [0.2, 0.25) is 0 Å². The first-order valence-corrected chi connectivity index (χ1v) is 28.5. The van der Waals surface area contributed by atoms with Crippen molar-refractivity contribution in [3.63, 3.8) is 0 Å². The molecular weight excluding hydrogens is 805 g/mol. The second-order valence-electron chi connectivity index (χ2n) is 19.2. The SMILES string of the molecule is CCCCC/C=C/C/C=C/C/C=C/CCCCCCC(=O)OC[C@@H](COC(=O)CCCCCCCCCCCCCCC)OC(=O)CCCCCCCCCCCCCCCCCCC. The number of ether oxygens (including phenoxy) is 3. The van der Waals surface area contributed by atoms with Gasteiger partial charge in [-0.1, -0.05) is 263 Å². The molecular formula is C59H108O6. The topological polar surface area (TPSA) is 78.9 Å².